The Morgan fingerprint density at radius 1 is 1.38 bits per heavy atom. The molecular formula is C8H16N2O3. The minimum Gasteiger partial charge on any atom is -0.480 e. The van der Waals surface area contributed by atoms with E-state index in [1.807, 2.05) is 0 Å². The van der Waals surface area contributed by atoms with E-state index in [4.69, 9.17) is 10.8 Å². The number of carboxylic acids is 1. The van der Waals surface area contributed by atoms with Gasteiger partial charge in [-0.1, -0.05) is 13.8 Å². The van der Waals surface area contributed by atoms with E-state index in [1.165, 1.54) is 0 Å². The Morgan fingerprint density at radius 2 is 1.92 bits per heavy atom. The monoisotopic (exact) mass is 188 g/mol. The number of nitrogens with two attached hydrogens (primary N) is 1. The molecule has 0 aliphatic carbocycles. The van der Waals surface area contributed by atoms with Gasteiger partial charge in [-0.15, -0.1) is 0 Å². The molecule has 0 saturated heterocycles. The summed E-state index contributed by atoms with van der Waals surface area (Å²) < 4.78 is 0. The first kappa shape index (κ1) is 11.9. The van der Waals surface area contributed by atoms with Crippen LogP contribution in [0.1, 0.15) is 26.7 Å². The fourth-order valence-corrected chi connectivity index (χ4v) is 0.803. The first-order valence-corrected chi connectivity index (χ1v) is 4.31. The minimum absolute atomic E-state index is 0.359. The van der Waals surface area contributed by atoms with Crippen LogP contribution >= 0.6 is 0 Å². The van der Waals surface area contributed by atoms with E-state index >= 15 is 0 Å². The van der Waals surface area contributed by atoms with Gasteiger partial charge in [0.25, 0.3) is 0 Å². The summed E-state index contributed by atoms with van der Waals surface area (Å²) in [6, 6.07) is -1.45. The highest BCUT2D eigenvalue weighted by molar-refractivity contribution is 5.86. The summed E-state index contributed by atoms with van der Waals surface area (Å²) in [6.07, 6.45) is 0.861. The van der Waals surface area contributed by atoms with Crippen molar-refractivity contribution >= 4 is 11.9 Å². The zero-order valence-electron chi connectivity index (χ0n) is 7.91. The average Bonchev–Trinajstić information content (AvgIpc) is 2.11. The molecule has 5 nitrogen and oxygen atoms in total. The van der Waals surface area contributed by atoms with E-state index < -0.39 is 24.0 Å². The van der Waals surface area contributed by atoms with Crippen molar-refractivity contribution in [2.75, 3.05) is 0 Å². The normalized spacial score (nSPS) is 14.7. The number of amides is 1. The molecule has 0 spiro atoms. The third kappa shape index (κ3) is 3.89. The van der Waals surface area contributed by atoms with Gasteiger partial charge in [-0.2, -0.15) is 0 Å². The summed E-state index contributed by atoms with van der Waals surface area (Å²) in [5, 5.41) is 11.0. The fourth-order valence-electron chi connectivity index (χ4n) is 0.803. The Labute approximate surface area is 77.3 Å². The maximum atomic E-state index is 11.1. The number of aliphatic carboxylic acids is 1. The number of carbonyl (C=O) groups excluding carboxylic acids is 1. The highest BCUT2D eigenvalue weighted by Gasteiger charge is 2.20. The van der Waals surface area contributed by atoms with Crippen LogP contribution in [0.5, 0.6) is 0 Å². The molecule has 0 aliphatic heterocycles. The topological polar surface area (TPSA) is 92.4 Å². The molecule has 13 heavy (non-hydrogen) atoms. The molecule has 2 atom stereocenters. The van der Waals surface area contributed by atoms with Crippen molar-refractivity contribution in [2.24, 2.45) is 5.73 Å². The third-order valence-corrected chi connectivity index (χ3v) is 1.80. The highest BCUT2D eigenvalue weighted by Crippen LogP contribution is 1.93. The number of hydrogen-bond donors (Lipinski definition) is 3. The van der Waals surface area contributed by atoms with Gasteiger partial charge in [-0.3, -0.25) is 4.79 Å². The Morgan fingerprint density at radius 3 is 2.23 bits per heavy atom. The van der Waals surface area contributed by atoms with Crippen molar-refractivity contribution in [3.8, 4) is 0 Å². The predicted molar refractivity (Wildman–Crippen MR) is 48.1 cm³/mol. The van der Waals surface area contributed by atoms with Gasteiger partial charge in [-0.25, -0.2) is 4.79 Å². The van der Waals surface area contributed by atoms with Crippen LogP contribution in [0.15, 0.2) is 0 Å². The van der Waals surface area contributed by atoms with Crippen molar-refractivity contribution in [3.63, 3.8) is 0 Å². The number of hydrogen-bond acceptors (Lipinski definition) is 3. The molecule has 1 unspecified atom stereocenters. The Bertz CT molecular complexity index is 194. The van der Waals surface area contributed by atoms with Gasteiger partial charge >= 0.3 is 5.97 Å². The van der Waals surface area contributed by atoms with Crippen LogP contribution < -0.4 is 11.1 Å². The number of nitrogens with one attached hydrogen (secondary N) is 1. The quantitative estimate of drug-likeness (QED) is 0.552. The molecule has 0 radical (unpaired) electrons. The minimum atomic E-state index is -1.03. The molecule has 0 bridgehead atoms. The van der Waals surface area contributed by atoms with Crippen LogP contribution in [0.25, 0.3) is 0 Å². The van der Waals surface area contributed by atoms with Gasteiger partial charge in [0.1, 0.15) is 6.04 Å². The van der Waals surface area contributed by atoms with E-state index in [1.54, 1.807) is 13.8 Å². The van der Waals surface area contributed by atoms with E-state index in [-0.39, 0.29) is 0 Å². The molecule has 1 amide bonds. The molecule has 0 aromatic rings. The van der Waals surface area contributed by atoms with Gasteiger partial charge in [-0.05, 0) is 12.8 Å². The van der Waals surface area contributed by atoms with Gasteiger partial charge in [0.05, 0.1) is 6.04 Å². The summed E-state index contributed by atoms with van der Waals surface area (Å²) in [5.74, 6) is -1.43. The van der Waals surface area contributed by atoms with Gasteiger partial charge in [0.15, 0.2) is 0 Å². The molecule has 0 aromatic heterocycles. The maximum Gasteiger partial charge on any atom is 0.326 e. The average molecular weight is 188 g/mol. The first-order chi connectivity index (χ1) is 6.02. The lowest BCUT2D eigenvalue weighted by Gasteiger charge is -2.15. The Kier molecular flexibility index (Phi) is 5.06. The smallest absolute Gasteiger partial charge is 0.326 e. The van der Waals surface area contributed by atoms with E-state index in [0.29, 0.717) is 12.8 Å². The van der Waals surface area contributed by atoms with Crippen LogP contribution in [0, 0.1) is 0 Å². The van der Waals surface area contributed by atoms with Crippen molar-refractivity contribution in [1.29, 1.82) is 0 Å². The van der Waals surface area contributed by atoms with Crippen LogP contribution in [0.2, 0.25) is 0 Å². The van der Waals surface area contributed by atoms with Crippen LogP contribution in [-0.4, -0.2) is 29.1 Å². The molecule has 76 valence electrons. The summed E-state index contributed by atoms with van der Waals surface area (Å²) in [6.45, 7) is 3.46. The highest BCUT2D eigenvalue weighted by atomic mass is 16.4. The van der Waals surface area contributed by atoms with Crippen LogP contribution in [0.3, 0.4) is 0 Å². The molecule has 0 rings (SSSR count). The van der Waals surface area contributed by atoms with Crippen molar-refractivity contribution in [2.45, 2.75) is 38.8 Å². The summed E-state index contributed by atoms with van der Waals surface area (Å²) in [5.41, 5.74) is 5.41. The molecule has 0 saturated carbocycles. The Hall–Kier alpha value is -1.10. The molecule has 4 N–H and O–H groups in total. The Balaban J connectivity index is 4.09. The van der Waals surface area contributed by atoms with Crippen molar-refractivity contribution in [3.05, 3.63) is 0 Å². The fraction of sp³-hybridized carbons (Fsp3) is 0.750. The lowest BCUT2D eigenvalue weighted by Crippen LogP contribution is -2.47. The summed E-state index contributed by atoms with van der Waals surface area (Å²) in [7, 11) is 0. The van der Waals surface area contributed by atoms with Crippen molar-refractivity contribution < 1.29 is 14.7 Å². The third-order valence-electron chi connectivity index (χ3n) is 1.80. The standard InChI is InChI=1S/C8H16N2O3/c1-3-5(9)7(11)10-6(4-2)8(12)13/h5-6H,3-4,9H2,1-2H3,(H,10,11)(H,12,13)/t5?,6-/m0/s1. The number of rotatable bonds is 5. The first-order valence-electron chi connectivity index (χ1n) is 4.31. The van der Waals surface area contributed by atoms with Gasteiger partial charge in [0.2, 0.25) is 5.91 Å². The molecular weight excluding hydrogens is 172 g/mol. The molecule has 0 fully saturated rings. The number of carbonyl (C=O) groups is 2. The maximum absolute atomic E-state index is 11.1. The summed E-state index contributed by atoms with van der Waals surface area (Å²) >= 11 is 0. The second-order valence-electron chi connectivity index (χ2n) is 2.82. The van der Waals surface area contributed by atoms with Gasteiger partial charge < -0.3 is 16.2 Å². The SMILES string of the molecule is CCC(N)C(=O)N[C@@H](CC)C(=O)O. The molecule has 0 heterocycles. The van der Waals surface area contributed by atoms with E-state index in [0.717, 1.165) is 0 Å². The molecule has 0 aromatic carbocycles. The largest absolute Gasteiger partial charge is 0.480 e. The zero-order valence-corrected chi connectivity index (χ0v) is 7.91. The van der Waals surface area contributed by atoms with Crippen LogP contribution in [-0.2, 0) is 9.59 Å². The van der Waals surface area contributed by atoms with E-state index in [9.17, 15) is 9.59 Å². The second-order valence-corrected chi connectivity index (χ2v) is 2.82. The molecule has 5 heteroatoms. The van der Waals surface area contributed by atoms with Gasteiger partial charge in [0, 0.05) is 0 Å². The second kappa shape index (κ2) is 5.53. The summed E-state index contributed by atoms with van der Waals surface area (Å²) in [4.78, 5) is 21.7. The lowest BCUT2D eigenvalue weighted by atomic mass is 10.2. The zero-order chi connectivity index (χ0) is 10.4. The molecule has 0 aliphatic rings. The van der Waals surface area contributed by atoms with E-state index in [2.05, 4.69) is 5.32 Å². The van der Waals surface area contributed by atoms with Crippen LogP contribution in [0.4, 0.5) is 0 Å². The predicted octanol–water partition coefficient (Wildman–Crippen LogP) is -0.297. The lowest BCUT2D eigenvalue weighted by molar-refractivity contribution is -0.142. The number of carboxylic acid groups (broad SMARTS) is 1. The van der Waals surface area contributed by atoms with Crippen molar-refractivity contribution in [1.82, 2.24) is 5.32 Å².